The number of carbonyl (C=O) groups is 1. The lowest BCUT2D eigenvalue weighted by Gasteiger charge is -2.33. The number of nitrogens with zero attached hydrogens (tertiary/aromatic N) is 1. The summed E-state index contributed by atoms with van der Waals surface area (Å²) in [7, 11) is 1.59. The number of hydrogen-bond donors (Lipinski definition) is 2. The summed E-state index contributed by atoms with van der Waals surface area (Å²) in [6.45, 7) is 0. The molecule has 1 aliphatic carbocycles. The molecule has 5 rings (SSSR count). The number of para-hydroxylation sites is 1. The predicted octanol–water partition coefficient (Wildman–Crippen LogP) is 5.29. The first-order chi connectivity index (χ1) is 16.1. The van der Waals surface area contributed by atoms with E-state index in [2.05, 4.69) is 10.3 Å². The summed E-state index contributed by atoms with van der Waals surface area (Å²) in [5, 5.41) is 4.48. The van der Waals surface area contributed by atoms with Crippen LogP contribution in [0.15, 0.2) is 69.8 Å². The summed E-state index contributed by atoms with van der Waals surface area (Å²) in [4.78, 5) is 34.0. The van der Waals surface area contributed by atoms with Gasteiger partial charge in [-0.2, -0.15) is 0 Å². The topological polar surface area (TPSA) is 84.1 Å². The third-order valence-electron chi connectivity index (χ3n) is 6.01. The second kappa shape index (κ2) is 9.08. The zero-order chi connectivity index (χ0) is 22.9. The predicted molar refractivity (Wildman–Crippen MR) is 130 cm³/mol. The van der Waals surface area contributed by atoms with Crippen molar-refractivity contribution in [1.82, 2.24) is 9.97 Å². The molecule has 0 radical (unpaired) electrons. The molecule has 0 unspecified atom stereocenters. The summed E-state index contributed by atoms with van der Waals surface area (Å²) in [5.41, 5.74) is 3.41. The number of thioether (sulfide) groups is 1. The number of ketones is 1. The summed E-state index contributed by atoms with van der Waals surface area (Å²) >= 11 is 7.69. The summed E-state index contributed by atoms with van der Waals surface area (Å²) < 4.78 is 5.59. The quantitative estimate of drug-likeness (QED) is 0.382. The number of rotatable bonds is 5. The van der Waals surface area contributed by atoms with E-state index in [0.717, 1.165) is 29.7 Å². The van der Waals surface area contributed by atoms with Gasteiger partial charge in [-0.25, -0.2) is 4.98 Å². The van der Waals surface area contributed by atoms with Crippen LogP contribution in [0.1, 0.15) is 41.9 Å². The molecule has 2 N–H and O–H groups in total. The molecule has 33 heavy (non-hydrogen) atoms. The number of aromatic amines is 1. The number of Topliss-reactive ketones (excluding diaryl/α,β-unsaturated/α-hetero) is 1. The molecule has 1 atom stereocenters. The number of halogens is 1. The molecule has 2 aliphatic rings. The molecule has 0 saturated heterocycles. The molecule has 1 aromatic heterocycles. The maximum absolute atomic E-state index is 13.4. The fraction of sp³-hybridized carbons (Fsp3) is 0.240. The summed E-state index contributed by atoms with van der Waals surface area (Å²) in [6.07, 6.45) is 1.98. The van der Waals surface area contributed by atoms with Crippen LogP contribution in [-0.2, 0) is 10.5 Å². The number of anilines is 1. The van der Waals surface area contributed by atoms with Crippen LogP contribution in [0, 0.1) is 0 Å². The minimum atomic E-state index is -0.529. The molecule has 1 aliphatic heterocycles. The van der Waals surface area contributed by atoms with Crippen LogP contribution in [0.25, 0.3) is 0 Å². The Morgan fingerprint density at radius 3 is 2.73 bits per heavy atom. The maximum atomic E-state index is 13.4. The highest BCUT2D eigenvalue weighted by Gasteiger charge is 2.39. The van der Waals surface area contributed by atoms with Crippen molar-refractivity contribution in [3.8, 4) is 5.75 Å². The van der Waals surface area contributed by atoms with E-state index >= 15 is 0 Å². The lowest BCUT2D eigenvalue weighted by Crippen LogP contribution is -2.32. The number of H-pyrrole nitrogens is 1. The Labute approximate surface area is 200 Å². The van der Waals surface area contributed by atoms with Crippen LogP contribution in [-0.4, -0.2) is 22.9 Å². The van der Waals surface area contributed by atoms with Gasteiger partial charge < -0.3 is 15.0 Å². The smallest absolute Gasteiger partial charge is 0.257 e. The van der Waals surface area contributed by atoms with Gasteiger partial charge in [-0.1, -0.05) is 59.8 Å². The monoisotopic (exact) mass is 479 g/mol. The van der Waals surface area contributed by atoms with Crippen LogP contribution >= 0.6 is 23.4 Å². The fourth-order valence-corrected chi connectivity index (χ4v) is 5.63. The summed E-state index contributed by atoms with van der Waals surface area (Å²) in [6, 6.07) is 15.1. The average Bonchev–Trinajstić information content (AvgIpc) is 2.82. The minimum absolute atomic E-state index is 0.0573. The van der Waals surface area contributed by atoms with E-state index in [1.54, 1.807) is 7.11 Å². The van der Waals surface area contributed by atoms with Gasteiger partial charge in [-0.3, -0.25) is 9.59 Å². The third kappa shape index (κ3) is 4.07. The van der Waals surface area contributed by atoms with Crippen molar-refractivity contribution < 1.29 is 9.53 Å². The first-order valence-corrected chi connectivity index (χ1v) is 12.1. The molecular weight excluding hydrogens is 458 g/mol. The van der Waals surface area contributed by atoms with E-state index in [4.69, 9.17) is 21.3 Å². The van der Waals surface area contributed by atoms with Gasteiger partial charge in [0, 0.05) is 34.0 Å². The van der Waals surface area contributed by atoms with E-state index in [-0.39, 0.29) is 11.3 Å². The van der Waals surface area contributed by atoms with Crippen molar-refractivity contribution in [2.24, 2.45) is 0 Å². The van der Waals surface area contributed by atoms with Gasteiger partial charge in [-0.05, 0) is 30.5 Å². The van der Waals surface area contributed by atoms with Crippen molar-refractivity contribution in [1.29, 1.82) is 0 Å². The van der Waals surface area contributed by atoms with Crippen molar-refractivity contribution in [2.45, 2.75) is 36.1 Å². The van der Waals surface area contributed by atoms with Gasteiger partial charge in [-0.15, -0.1) is 0 Å². The Morgan fingerprint density at radius 2 is 1.91 bits per heavy atom. The van der Waals surface area contributed by atoms with E-state index in [0.29, 0.717) is 45.1 Å². The highest BCUT2D eigenvalue weighted by Crippen LogP contribution is 2.45. The Balaban J connectivity index is 1.59. The molecule has 0 amide bonds. The van der Waals surface area contributed by atoms with Crippen molar-refractivity contribution >= 4 is 35.0 Å². The van der Waals surface area contributed by atoms with Gasteiger partial charge in [0.2, 0.25) is 0 Å². The van der Waals surface area contributed by atoms with Gasteiger partial charge in [0.25, 0.3) is 5.56 Å². The van der Waals surface area contributed by atoms with Crippen LogP contribution in [0.3, 0.4) is 0 Å². The number of nitrogens with one attached hydrogen (secondary N) is 2. The molecule has 0 fully saturated rings. The normalized spacial score (nSPS) is 17.3. The van der Waals surface area contributed by atoms with Crippen molar-refractivity contribution in [3.63, 3.8) is 0 Å². The molecule has 0 spiro atoms. The van der Waals surface area contributed by atoms with Gasteiger partial charge in [0.05, 0.1) is 18.6 Å². The lowest BCUT2D eigenvalue weighted by atomic mass is 9.76. The number of aromatic nitrogens is 2. The van der Waals surface area contributed by atoms with E-state index in [9.17, 15) is 9.59 Å². The van der Waals surface area contributed by atoms with Crippen molar-refractivity contribution in [3.05, 3.63) is 91.9 Å². The number of hydrogen-bond acceptors (Lipinski definition) is 6. The molecule has 0 saturated carbocycles. The zero-order valence-electron chi connectivity index (χ0n) is 18.0. The average molecular weight is 480 g/mol. The zero-order valence-corrected chi connectivity index (χ0v) is 19.6. The number of fused-ring (bicyclic) bond motifs is 1. The first-order valence-electron chi connectivity index (χ1n) is 10.7. The number of benzene rings is 2. The van der Waals surface area contributed by atoms with Crippen molar-refractivity contribution in [2.75, 3.05) is 12.4 Å². The Bertz CT molecular complexity index is 1330. The lowest BCUT2D eigenvalue weighted by molar-refractivity contribution is -0.116. The number of allylic oxidation sites excluding steroid dienone is 2. The second-order valence-corrected chi connectivity index (χ2v) is 9.35. The Morgan fingerprint density at radius 1 is 1.12 bits per heavy atom. The van der Waals surface area contributed by atoms with Crippen LogP contribution < -0.4 is 15.6 Å². The molecule has 2 aromatic carbocycles. The summed E-state index contributed by atoms with van der Waals surface area (Å²) in [5.74, 6) is 1.23. The van der Waals surface area contributed by atoms with Crippen LogP contribution in [0.4, 0.5) is 5.82 Å². The van der Waals surface area contributed by atoms with Crippen LogP contribution in [0.2, 0.25) is 5.02 Å². The highest BCUT2D eigenvalue weighted by atomic mass is 35.5. The molecule has 0 bridgehead atoms. The maximum Gasteiger partial charge on any atom is 0.257 e. The molecule has 8 heteroatoms. The molecule has 168 valence electrons. The fourth-order valence-electron chi connectivity index (χ4n) is 4.49. The third-order valence-corrected chi connectivity index (χ3v) is 7.30. The molecular formula is C25H22ClN3O3S. The minimum Gasteiger partial charge on any atom is -0.496 e. The Kier molecular flexibility index (Phi) is 6.00. The SMILES string of the molecule is COc1ccccc1[C@@H]1C2=C(CCCC2=O)Nc2nc(SCc3ccccc3Cl)[nH]c(=O)c21. The number of carbonyl (C=O) groups excluding carboxylic acids is 1. The van der Waals surface area contributed by atoms with Gasteiger partial charge >= 0.3 is 0 Å². The van der Waals surface area contributed by atoms with E-state index in [1.165, 1.54) is 11.8 Å². The number of ether oxygens (including phenoxy) is 1. The molecule has 3 aromatic rings. The standard InChI is InChI=1S/C25H22ClN3O3S/c1-32-19-12-5-3-8-15(19)20-21-17(10-6-11-18(21)30)27-23-22(20)24(31)29-25(28-23)33-13-14-7-2-4-9-16(14)26/h2-5,7-9,12,20H,6,10-11,13H2,1H3,(H2,27,28,29,31)/t20-/m1/s1. The Hall–Kier alpha value is -3.03. The van der Waals surface area contributed by atoms with E-state index in [1.807, 2.05) is 48.5 Å². The highest BCUT2D eigenvalue weighted by molar-refractivity contribution is 7.98. The number of methoxy groups -OCH3 is 1. The largest absolute Gasteiger partial charge is 0.496 e. The van der Waals surface area contributed by atoms with Crippen LogP contribution in [0.5, 0.6) is 5.75 Å². The first kappa shape index (κ1) is 21.8. The van der Waals surface area contributed by atoms with Gasteiger partial charge in [0.1, 0.15) is 11.6 Å². The second-order valence-electron chi connectivity index (χ2n) is 7.98. The molecule has 2 heterocycles. The molecule has 6 nitrogen and oxygen atoms in total. The van der Waals surface area contributed by atoms with Gasteiger partial charge in [0.15, 0.2) is 10.9 Å². The van der Waals surface area contributed by atoms with E-state index < -0.39 is 5.92 Å².